The summed E-state index contributed by atoms with van der Waals surface area (Å²) < 4.78 is 0. The fraction of sp³-hybridized carbons (Fsp3) is 0.320. The number of rotatable bonds is 10. The van der Waals surface area contributed by atoms with E-state index in [0.29, 0.717) is 6.54 Å². The van der Waals surface area contributed by atoms with Crippen LogP contribution in [0, 0.1) is 0 Å². The monoisotopic (exact) mass is 432 g/mol. The highest BCUT2D eigenvalue weighted by atomic mass is 16.2. The van der Waals surface area contributed by atoms with Gasteiger partial charge in [-0.2, -0.15) is 0 Å². The van der Waals surface area contributed by atoms with E-state index in [-0.39, 0.29) is 12.2 Å². The van der Waals surface area contributed by atoms with Gasteiger partial charge >= 0.3 is 6.03 Å². The lowest BCUT2D eigenvalue weighted by Gasteiger charge is -2.29. The summed E-state index contributed by atoms with van der Waals surface area (Å²) in [6, 6.07) is 18.4. The van der Waals surface area contributed by atoms with E-state index in [0.717, 1.165) is 49.6 Å². The largest absolute Gasteiger partial charge is 0.364 e. The smallest absolute Gasteiger partial charge is 0.327 e. The third-order valence-corrected chi connectivity index (χ3v) is 5.61. The van der Waals surface area contributed by atoms with Crippen LogP contribution in [-0.4, -0.2) is 43.8 Å². The maximum absolute atomic E-state index is 12.7. The molecule has 0 aromatic heterocycles. The molecule has 0 radical (unpaired) electrons. The molecule has 0 fully saturated rings. The van der Waals surface area contributed by atoms with Crippen LogP contribution in [0.3, 0.4) is 0 Å². The van der Waals surface area contributed by atoms with Crippen molar-refractivity contribution in [3.8, 4) is 0 Å². The molecule has 5 N–H and O–H groups in total. The molecule has 7 nitrogen and oxygen atoms in total. The molecule has 1 atom stereocenters. The molecule has 2 aliphatic heterocycles. The Morgan fingerprint density at radius 3 is 2.56 bits per heavy atom. The summed E-state index contributed by atoms with van der Waals surface area (Å²) >= 11 is 0. The molecule has 0 aliphatic carbocycles. The van der Waals surface area contributed by atoms with Crippen molar-refractivity contribution in [2.75, 3.05) is 31.6 Å². The number of benzene rings is 2. The number of nitrogens with two attached hydrogens (primary N) is 1. The van der Waals surface area contributed by atoms with Crippen LogP contribution in [0.1, 0.15) is 17.5 Å². The Morgan fingerprint density at radius 1 is 1.03 bits per heavy atom. The van der Waals surface area contributed by atoms with Crippen LogP contribution in [0.25, 0.3) is 0 Å². The second-order valence-corrected chi connectivity index (χ2v) is 8.34. The lowest BCUT2D eigenvalue weighted by Crippen LogP contribution is -2.52. The highest BCUT2D eigenvalue weighted by molar-refractivity contribution is 5.96. The van der Waals surface area contributed by atoms with Gasteiger partial charge in [-0.3, -0.25) is 9.80 Å². The summed E-state index contributed by atoms with van der Waals surface area (Å²) in [5.41, 5.74) is 11.0. The molecule has 0 saturated carbocycles. The van der Waals surface area contributed by atoms with E-state index in [1.54, 1.807) is 4.90 Å². The first kappa shape index (κ1) is 22.1. The Labute approximate surface area is 190 Å². The van der Waals surface area contributed by atoms with Crippen LogP contribution >= 0.6 is 0 Å². The fourth-order valence-corrected chi connectivity index (χ4v) is 3.99. The molecular weight excluding hydrogens is 400 g/mol. The molecule has 0 bridgehead atoms. The number of carbonyl (C=O) groups is 1. The highest BCUT2D eigenvalue weighted by Crippen LogP contribution is 2.25. The first-order valence-corrected chi connectivity index (χ1v) is 11.1. The number of nitrogens with one attached hydrogen (secondary N) is 3. The second kappa shape index (κ2) is 10.5. The topological polar surface area (TPSA) is 85.7 Å². The third-order valence-electron chi connectivity index (χ3n) is 5.61. The summed E-state index contributed by atoms with van der Waals surface area (Å²) in [7, 11) is 2.10. The molecule has 2 aromatic carbocycles. The van der Waals surface area contributed by atoms with E-state index in [2.05, 4.69) is 70.4 Å². The van der Waals surface area contributed by atoms with Crippen molar-refractivity contribution in [1.82, 2.24) is 20.9 Å². The zero-order valence-electron chi connectivity index (χ0n) is 18.6. The maximum atomic E-state index is 12.7. The highest BCUT2D eigenvalue weighted by Gasteiger charge is 2.30. The number of carbonyl (C=O) groups excluding carboxylic acids is 1. The molecule has 168 valence electrons. The van der Waals surface area contributed by atoms with Gasteiger partial charge in [-0.05, 0) is 55.9 Å². The van der Waals surface area contributed by atoms with Crippen LogP contribution in [-0.2, 0) is 13.1 Å². The number of fused-ring (bicyclic) bond motifs is 1. The number of amides is 2. The number of anilines is 1. The lowest BCUT2D eigenvalue weighted by molar-refractivity contribution is 0.243. The Hall–Kier alpha value is -3.13. The predicted octanol–water partition coefficient (Wildman–Crippen LogP) is 2.48. The van der Waals surface area contributed by atoms with Crippen molar-refractivity contribution >= 4 is 11.7 Å². The minimum atomic E-state index is -0.176. The average molecular weight is 433 g/mol. The average Bonchev–Trinajstić information content (AvgIpc) is 3.18. The van der Waals surface area contributed by atoms with Gasteiger partial charge in [-0.25, -0.2) is 4.79 Å². The Kier molecular flexibility index (Phi) is 7.21. The molecule has 32 heavy (non-hydrogen) atoms. The first-order valence-electron chi connectivity index (χ1n) is 11.1. The van der Waals surface area contributed by atoms with Gasteiger partial charge in [0, 0.05) is 37.1 Å². The number of urea groups is 1. The molecule has 2 aromatic rings. The number of hydrogen-bond donors (Lipinski definition) is 4. The standard InChI is InChI=1S/C25H32N6O/c1-30(16-20-6-3-2-4-7-20)18-22-14-21-17-31(25(32)29-24(21)28-22)23-10-8-19(9-11-23)15-27-13-5-12-26/h2-4,6-11,14,17,24,27-28H,5,12-13,15-16,18,26H2,1H3,(H,29,32). The van der Waals surface area contributed by atoms with E-state index >= 15 is 0 Å². The normalized spacial score (nSPS) is 17.5. The van der Waals surface area contributed by atoms with E-state index in [4.69, 9.17) is 5.73 Å². The van der Waals surface area contributed by atoms with Gasteiger partial charge in [0.05, 0.1) is 5.69 Å². The predicted molar refractivity (Wildman–Crippen MR) is 129 cm³/mol. The van der Waals surface area contributed by atoms with Gasteiger partial charge in [-0.1, -0.05) is 42.5 Å². The van der Waals surface area contributed by atoms with E-state index in [1.165, 1.54) is 11.1 Å². The molecule has 0 saturated heterocycles. The zero-order valence-corrected chi connectivity index (χ0v) is 18.6. The van der Waals surface area contributed by atoms with Crippen LogP contribution in [0.4, 0.5) is 10.5 Å². The fourth-order valence-electron chi connectivity index (χ4n) is 3.99. The lowest BCUT2D eigenvalue weighted by atomic mass is 10.1. The number of nitrogens with zero attached hydrogens (tertiary/aromatic N) is 2. The SMILES string of the molecule is CN(CC1=CC2=CN(c3ccc(CNCCCN)cc3)C(=O)NC2N1)Cc1ccccc1. The summed E-state index contributed by atoms with van der Waals surface area (Å²) in [6.45, 7) is 4.05. The second-order valence-electron chi connectivity index (χ2n) is 8.34. The van der Waals surface area contributed by atoms with Crippen molar-refractivity contribution in [1.29, 1.82) is 0 Å². The van der Waals surface area contributed by atoms with Crippen LogP contribution in [0.2, 0.25) is 0 Å². The molecule has 2 amide bonds. The van der Waals surface area contributed by atoms with Crippen molar-refractivity contribution in [3.05, 3.63) is 89.3 Å². The van der Waals surface area contributed by atoms with Crippen LogP contribution < -0.4 is 26.6 Å². The first-order chi connectivity index (χ1) is 15.6. The van der Waals surface area contributed by atoms with E-state index in [9.17, 15) is 4.79 Å². The maximum Gasteiger partial charge on any atom is 0.327 e. The van der Waals surface area contributed by atoms with Crippen molar-refractivity contribution in [3.63, 3.8) is 0 Å². The minimum absolute atomic E-state index is 0.132. The van der Waals surface area contributed by atoms with Crippen LogP contribution in [0.5, 0.6) is 0 Å². The Morgan fingerprint density at radius 2 is 1.81 bits per heavy atom. The summed E-state index contributed by atoms with van der Waals surface area (Å²) in [5.74, 6) is 0. The molecule has 0 spiro atoms. The van der Waals surface area contributed by atoms with Crippen molar-refractivity contribution in [2.24, 2.45) is 5.73 Å². The van der Waals surface area contributed by atoms with E-state index in [1.807, 2.05) is 24.4 Å². The Balaban J connectivity index is 1.38. The minimum Gasteiger partial charge on any atom is -0.364 e. The molecule has 7 heteroatoms. The molecule has 4 rings (SSSR count). The molecule has 2 heterocycles. The van der Waals surface area contributed by atoms with Gasteiger partial charge in [0.25, 0.3) is 0 Å². The Bertz CT molecular complexity index is 970. The third kappa shape index (κ3) is 5.56. The van der Waals surface area contributed by atoms with Gasteiger partial charge in [0.2, 0.25) is 0 Å². The van der Waals surface area contributed by atoms with E-state index < -0.39 is 0 Å². The summed E-state index contributed by atoms with van der Waals surface area (Å²) in [5, 5.41) is 9.86. The van der Waals surface area contributed by atoms with Gasteiger partial charge in [0.15, 0.2) is 0 Å². The molecule has 1 unspecified atom stereocenters. The summed E-state index contributed by atoms with van der Waals surface area (Å²) in [6.07, 6.45) is 4.85. The van der Waals surface area contributed by atoms with Crippen molar-refractivity contribution < 1.29 is 4.79 Å². The quantitative estimate of drug-likeness (QED) is 0.434. The van der Waals surface area contributed by atoms with Gasteiger partial charge in [0.1, 0.15) is 6.17 Å². The molecule has 2 aliphatic rings. The van der Waals surface area contributed by atoms with Crippen LogP contribution in [0.15, 0.2) is 78.1 Å². The molecular formula is C25H32N6O. The number of hydrogen-bond acceptors (Lipinski definition) is 5. The van der Waals surface area contributed by atoms with Gasteiger partial charge in [-0.15, -0.1) is 0 Å². The number of likely N-dealkylation sites (N-methyl/N-ethyl adjacent to an activating group) is 1. The van der Waals surface area contributed by atoms with Gasteiger partial charge < -0.3 is 21.7 Å². The summed E-state index contributed by atoms with van der Waals surface area (Å²) in [4.78, 5) is 16.6. The zero-order chi connectivity index (χ0) is 22.3. The van der Waals surface area contributed by atoms with Crippen molar-refractivity contribution in [2.45, 2.75) is 25.7 Å².